The van der Waals surface area contributed by atoms with Gasteiger partial charge in [0, 0.05) is 58.5 Å². The Kier molecular flexibility index (Phi) is 16.4. The lowest BCUT2D eigenvalue weighted by atomic mass is 9.76. The molecule has 62 heavy (non-hydrogen) atoms. The number of imide groups is 1. The highest BCUT2D eigenvalue weighted by Crippen LogP contribution is 2.46. The summed E-state index contributed by atoms with van der Waals surface area (Å²) in [6.45, 7) is 12.5. The predicted molar refractivity (Wildman–Crippen MR) is 211 cm³/mol. The Labute approximate surface area is 362 Å². The van der Waals surface area contributed by atoms with Crippen molar-refractivity contribution < 1.29 is 86.1 Å². The fraction of sp³-hybridized carbons (Fsp3) is 0.610. The maximum absolute atomic E-state index is 14.4. The number of nitrogens with zero attached hydrogens (tertiary/aromatic N) is 1. The van der Waals surface area contributed by atoms with Crippen molar-refractivity contribution >= 4 is 59.2 Å². The van der Waals surface area contributed by atoms with Gasteiger partial charge in [-0.2, -0.15) is 0 Å². The Morgan fingerprint density at radius 3 is 2.03 bits per heavy atom. The maximum atomic E-state index is 14.4. The second kappa shape index (κ2) is 20.5. The van der Waals surface area contributed by atoms with E-state index in [4.69, 9.17) is 54.2 Å². The molecule has 0 aromatic heterocycles. The Morgan fingerprint density at radius 2 is 1.52 bits per heavy atom. The molecule has 0 saturated carbocycles. The number of carbonyl (C=O) groups excluding carboxylic acids is 8. The largest absolute Gasteiger partial charge is 0.467 e. The number of rotatable bonds is 15. The zero-order chi connectivity index (χ0) is 46.4. The van der Waals surface area contributed by atoms with Crippen molar-refractivity contribution in [1.29, 1.82) is 0 Å². The topological polar surface area (TPSA) is 255 Å². The van der Waals surface area contributed by atoms with E-state index in [0.717, 1.165) is 46.6 Å². The van der Waals surface area contributed by atoms with E-state index in [2.05, 4.69) is 11.9 Å². The van der Waals surface area contributed by atoms with Gasteiger partial charge in [0.25, 0.3) is 5.91 Å². The van der Waals surface area contributed by atoms with Crippen molar-refractivity contribution in [3.8, 4) is 0 Å². The number of aliphatic hydroxyl groups is 1. The van der Waals surface area contributed by atoms with Crippen LogP contribution in [0.1, 0.15) is 78.6 Å². The van der Waals surface area contributed by atoms with Crippen molar-refractivity contribution in [3.05, 3.63) is 47.5 Å². The molecule has 3 fully saturated rings. The van der Waals surface area contributed by atoms with E-state index in [1.165, 1.54) is 51.1 Å². The van der Waals surface area contributed by atoms with Gasteiger partial charge in [-0.1, -0.05) is 17.7 Å². The number of carbonyl (C=O) groups is 8. The molecule has 0 aliphatic carbocycles. The van der Waals surface area contributed by atoms with Crippen molar-refractivity contribution in [2.75, 3.05) is 13.7 Å². The average Bonchev–Trinajstić information content (AvgIpc) is 3.50. The van der Waals surface area contributed by atoms with Gasteiger partial charge in [0.1, 0.15) is 43.2 Å². The molecular formula is C41H53ClN2O18. The molecule has 3 aliphatic heterocycles. The molecule has 12 atom stereocenters. The van der Waals surface area contributed by atoms with Crippen LogP contribution in [0.3, 0.4) is 0 Å². The molecule has 0 radical (unpaired) electrons. The first kappa shape index (κ1) is 49.7. The quantitative estimate of drug-likeness (QED) is 0.144. The van der Waals surface area contributed by atoms with E-state index in [1.807, 2.05) is 0 Å². The summed E-state index contributed by atoms with van der Waals surface area (Å²) >= 11 is 6.07. The van der Waals surface area contributed by atoms with Crippen LogP contribution in [-0.4, -0.2) is 150 Å². The number of hydrogen-bond donors (Lipinski definition) is 2. The normalized spacial score (nSPS) is 29.0. The molecule has 3 heterocycles. The number of nitrogens with one attached hydrogen (secondary N) is 1. The number of amides is 3. The van der Waals surface area contributed by atoms with Gasteiger partial charge in [-0.05, 0) is 44.5 Å². The molecule has 3 aliphatic rings. The highest BCUT2D eigenvalue weighted by molar-refractivity contribution is 6.30. The first-order valence-corrected chi connectivity index (χ1v) is 19.9. The van der Waals surface area contributed by atoms with Crippen LogP contribution < -0.4 is 5.32 Å². The van der Waals surface area contributed by atoms with E-state index in [1.54, 1.807) is 0 Å². The van der Waals surface area contributed by atoms with Crippen LogP contribution in [0.5, 0.6) is 0 Å². The second-order valence-electron chi connectivity index (χ2n) is 15.4. The first-order valence-electron chi connectivity index (χ1n) is 19.5. The lowest BCUT2D eigenvalue weighted by molar-refractivity contribution is -0.285. The number of fused-ring (bicyclic) bond motifs is 1. The van der Waals surface area contributed by atoms with Crippen LogP contribution in [0.25, 0.3) is 0 Å². The summed E-state index contributed by atoms with van der Waals surface area (Å²) in [7, 11) is 0.967. The van der Waals surface area contributed by atoms with Gasteiger partial charge >= 0.3 is 29.8 Å². The Morgan fingerprint density at radius 1 is 0.903 bits per heavy atom. The Hall–Kier alpha value is -4.99. The predicted octanol–water partition coefficient (Wildman–Crippen LogP) is 1.49. The van der Waals surface area contributed by atoms with Gasteiger partial charge in [-0.25, -0.2) is 4.79 Å². The standard InChI is InChI=1S/C41H53ClN2O18/c1-11-12-27-31(44(20(3)46)38(52)25-13-15-26(42)16-14-25)34-35(61-40(8,9)60-34)36(59-27)37(51)41(39(53)54-10)17-28(56-22(5)48)30(43-19(2)45)33(62-41)32(58-24(7)50)29(57-23(6)49)18-55-21(4)47/h11,13-16,27-37,51H,1,12,17-18H2,2-10H3,(H,43,45)/t27-,28+,29-,30-,31+,32-,33-,34-,35-,36+,37+,41+/m1/s1. The van der Waals surface area contributed by atoms with Crippen LogP contribution in [0.2, 0.25) is 5.02 Å². The van der Waals surface area contributed by atoms with E-state index in [9.17, 15) is 43.5 Å². The number of methoxy groups -OCH3 is 1. The minimum atomic E-state index is -2.70. The van der Waals surface area contributed by atoms with Gasteiger partial charge in [0.15, 0.2) is 23.6 Å². The molecular weight excluding hydrogens is 844 g/mol. The number of esters is 5. The Bertz CT molecular complexity index is 1890. The first-order chi connectivity index (χ1) is 29.0. The molecule has 1 aromatic carbocycles. The third-order valence-corrected chi connectivity index (χ3v) is 10.5. The summed E-state index contributed by atoms with van der Waals surface area (Å²) in [6.07, 6.45) is -14.2. The summed E-state index contributed by atoms with van der Waals surface area (Å²) in [5.74, 6) is -8.63. The van der Waals surface area contributed by atoms with Gasteiger partial charge in [0.2, 0.25) is 11.8 Å². The SMILES string of the molecule is C=CC[C@H]1O[C@H]([C@H](O)[C@]2(C(=O)OC)C[C@H](OC(C)=O)[C@@H](NC(C)=O)[C@H]([C@H](OC(C)=O)[C@@H](COC(C)=O)OC(C)=O)O2)[C@@H]2OC(C)(C)O[C@@H]2[C@H]1N(C(C)=O)C(=O)c1ccc(Cl)cc1. The molecule has 0 unspecified atom stereocenters. The summed E-state index contributed by atoms with van der Waals surface area (Å²) in [4.78, 5) is 106. The summed E-state index contributed by atoms with van der Waals surface area (Å²) in [6, 6.07) is 3.04. The van der Waals surface area contributed by atoms with E-state index >= 15 is 0 Å². The molecule has 0 spiro atoms. The van der Waals surface area contributed by atoms with E-state index < -0.39 is 139 Å². The zero-order valence-corrected chi connectivity index (χ0v) is 36.5. The fourth-order valence-corrected chi connectivity index (χ4v) is 8.23. The van der Waals surface area contributed by atoms with Crippen LogP contribution in [0.4, 0.5) is 0 Å². The lowest BCUT2D eigenvalue weighted by Gasteiger charge is -2.53. The van der Waals surface area contributed by atoms with E-state index in [0.29, 0.717) is 5.02 Å². The summed E-state index contributed by atoms with van der Waals surface area (Å²) < 4.78 is 53.0. The number of halogens is 1. The molecule has 20 nitrogen and oxygen atoms in total. The van der Waals surface area contributed by atoms with Gasteiger partial charge < -0.3 is 53.1 Å². The number of ether oxygens (including phenoxy) is 9. The maximum Gasteiger partial charge on any atom is 0.341 e. The molecule has 21 heteroatoms. The monoisotopic (exact) mass is 896 g/mol. The zero-order valence-electron chi connectivity index (χ0n) is 35.8. The van der Waals surface area contributed by atoms with E-state index in [-0.39, 0.29) is 12.0 Å². The Balaban J connectivity index is 1.95. The fourth-order valence-electron chi connectivity index (χ4n) is 8.10. The third kappa shape index (κ3) is 11.3. The smallest absolute Gasteiger partial charge is 0.341 e. The molecule has 3 saturated heterocycles. The molecule has 1 aromatic rings. The highest BCUT2D eigenvalue weighted by Gasteiger charge is 2.67. The van der Waals surface area contributed by atoms with Crippen molar-refractivity contribution in [1.82, 2.24) is 10.2 Å². The second-order valence-corrected chi connectivity index (χ2v) is 15.9. The van der Waals surface area contributed by atoms with Crippen LogP contribution in [0, 0.1) is 0 Å². The summed E-state index contributed by atoms with van der Waals surface area (Å²) in [5.41, 5.74) is -2.61. The minimum absolute atomic E-state index is 0.0668. The van der Waals surface area contributed by atoms with Gasteiger partial charge in [0.05, 0.1) is 25.3 Å². The lowest BCUT2D eigenvalue weighted by Crippen LogP contribution is -2.74. The molecule has 3 amide bonds. The molecule has 4 rings (SSSR count). The van der Waals surface area contributed by atoms with Gasteiger partial charge in [-0.3, -0.25) is 38.5 Å². The number of hydrogen-bond acceptors (Lipinski definition) is 18. The molecule has 2 N–H and O–H groups in total. The number of benzene rings is 1. The van der Waals surface area contributed by atoms with Crippen molar-refractivity contribution in [3.63, 3.8) is 0 Å². The molecule has 342 valence electrons. The van der Waals surface area contributed by atoms with Crippen molar-refractivity contribution in [2.45, 2.75) is 147 Å². The molecule has 0 bridgehead atoms. The van der Waals surface area contributed by atoms with Gasteiger partial charge in [-0.15, -0.1) is 6.58 Å². The van der Waals surface area contributed by atoms with Crippen LogP contribution in [0.15, 0.2) is 36.9 Å². The third-order valence-electron chi connectivity index (χ3n) is 10.3. The highest BCUT2D eigenvalue weighted by atomic mass is 35.5. The number of aliphatic hydroxyl groups excluding tert-OH is 1. The van der Waals surface area contributed by atoms with Crippen molar-refractivity contribution in [2.24, 2.45) is 0 Å². The van der Waals surface area contributed by atoms with Crippen LogP contribution >= 0.6 is 11.6 Å². The average molecular weight is 897 g/mol. The minimum Gasteiger partial charge on any atom is -0.467 e. The van der Waals surface area contributed by atoms with Crippen LogP contribution in [-0.2, 0) is 76.2 Å². The summed E-state index contributed by atoms with van der Waals surface area (Å²) in [5, 5.41) is 15.7.